The van der Waals surface area contributed by atoms with Crippen molar-refractivity contribution in [2.45, 2.75) is 38.1 Å². The van der Waals surface area contributed by atoms with Crippen molar-refractivity contribution in [2.75, 3.05) is 46.3 Å². The lowest BCUT2D eigenvalue weighted by Gasteiger charge is -2.36. The van der Waals surface area contributed by atoms with E-state index < -0.39 is 0 Å². The van der Waals surface area contributed by atoms with Crippen molar-refractivity contribution in [3.8, 4) is 0 Å². The topological polar surface area (TPSA) is 60.0 Å². The highest BCUT2D eigenvalue weighted by atomic mass is 127. The van der Waals surface area contributed by atoms with Crippen LogP contribution in [0.15, 0.2) is 29.3 Å². The van der Waals surface area contributed by atoms with Crippen LogP contribution in [0.5, 0.6) is 0 Å². The molecule has 2 N–H and O–H groups in total. The molecule has 0 unspecified atom stereocenters. The van der Waals surface area contributed by atoms with Gasteiger partial charge < -0.3 is 15.5 Å². The van der Waals surface area contributed by atoms with Crippen LogP contribution in [0, 0.1) is 5.82 Å². The van der Waals surface area contributed by atoms with Crippen molar-refractivity contribution >= 4 is 35.8 Å². The molecule has 1 amide bonds. The van der Waals surface area contributed by atoms with Gasteiger partial charge in [-0.1, -0.05) is 12.1 Å². The minimum Gasteiger partial charge on any atom is -0.355 e. The van der Waals surface area contributed by atoms with Crippen molar-refractivity contribution in [1.29, 1.82) is 0 Å². The maximum atomic E-state index is 13.6. The van der Waals surface area contributed by atoms with E-state index in [1.807, 2.05) is 19.9 Å². The number of nitrogens with zero attached hydrogens (tertiary/aromatic N) is 3. The van der Waals surface area contributed by atoms with E-state index >= 15 is 0 Å². The molecule has 1 aromatic carbocycles. The average Bonchev–Trinajstić information content (AvgIpc) is 3.44. The van der Waals surface area contributed by atoms with Gasteiger partial charge in [0.1, 0.15) is 5.82 Å². The second-order valence-electron chi connectivity index (χ2n) is 8.18. The molecule has 1 heterocycles. The molecule has 2 aliphatic rings. The lowest BCUT2D eigenvalue weighted by Crippen LogP contribution is -2.54. The van der Waals surface area contributed by atoms with Gasteiger partial charge in [-0.15, -0.1) is 24.0 Å². The second kappa shape index (κ2) is 10.6. The number of hydrogen-bond acceptors (Lipinski definition) is 3. The first kappa shape index (κ1) is 23.9. The maximum absolute atomic E-state index is 13.6. The summed E-state index contributed by atoms with van der Waals surface area (Å²) in [7, 11) is 1.80. The molecule has 1 aliphatic carbocycles. The van der Waals surface area contributed by atoms with Gasteiger partial charge in [0.25, 0.3) is 0 Å². The van der Waals surface area contributed by atoms with E-state index in [-0.39, 0.29) is 47.2 Å². The smallest absolute Gasteiger partial charge is 0.234 e. The zero-order valence-corrected chi connectivity index (χ0v) is 19.9. The Morgan fingerprint density at radius 1 is 1.24 bits per heavy atom. The number of piperazine rings is 1. The molecule has 0 bridgehead atoms. The Bertz CT molecular complexity index is 715. The van der Waals surface area contributed by atoms with Crippen molar-refractivity contribution in [2.24, 2.45) is 4.99 Å². The van der Waals surface area contributed by atoms with Gasteiger partial charge in [-0.05, 0) is 44.4 Å². The Kier molecular flexibility index (Phi) is 8.69. The minimum atomic E-state index is -0.175. The molecule has 1 saturated carbocycles. The number of amides is 1. The van der Waals surface area contributed by atoms with Crippen LogP contribution >= 0.6 is 24.0 Å². The number of carbonyl (C=O) groups excluding carboxylic acids is 1. The summed E-state index contributed by atoms with van der Waals surface area (Å²) < 4.78 is 13.6. The summed E-state index contributed by atoms with van der Waals surface area (Å²) in [5, 5.41) is 6.44. The molecule has 3 rings (SSSR count). The molecule has 29 heavy (non-hydrogen) atoms. The first-order valence-corrected chi connectivity index (χ1v) is 10.2. The Morgan fingerprint density at radius 3 is 2.48 bits per heavy atom. The molecule has 0 atom stereocenters. The number of carbonyl (C=O) groups is 1. The number of rotatable bonds is 6. The van der Waals surface area contributed by atoms with Gasteiger partial charge in [0.05, 0.1) is 6.54 Å². The molecule has 0 radical (unpaired) electrons. The van der Waals surface area contributed by atoms with Gasteiger partial charge in [0.2, 0.25) is 5.91 Å². The van der Waals surface area contributed by atoms with Crippen LogP contribution in [0.1, 0.15) is 32.3 Å². The summed E-state index contributed by atoms with van der Waals surface area (Å²) in [6.07, 6.45) is 2.14. The number of halogens is 2. The minimum absolute atomic E-state index is 0. The number of nitrogens with one attached hydrogen (secondary N) is 2. The number of benzene rings is 1. The fraction of sp³-hybridized carbons (Fsp3) is 0.619. The lowest BCUT2D eigenvalue weighted by molar-refractivity contribution is -0.123. The van der Waals surface area contributed by atoms with Crippen molar-refractivity contribution in [1.82, 2.24) is 20.4 Å². The summed E-state index contributed by atoms with van der Waals surface area (Å²) in [6.45, 7) is 8.50. The Hall–Kier alpha value is -1.42. The fourth-order valence-corrected chi connectivity index (χ4v) is 3.81. The van der Waals surface area contributed by atoms with Crippen molar-refractivity contribution < 1.29 is 9.18 Å². The summed E-state index contributed by atoms with van der Waals surface area (Å²) >= 11 is 0. The predicted octanol–water partition coefficient (Wildman–Crippen LogP) is 2.19. The first-order chi connectivity index (χ1) is 13.4. The number of aliphatic imine (C=N–C) groups is 1. The van der Waals surface area contributed by atoms with Gasteiger partial charge in [0.15, 0.2) is 5.96 Å². The molecule has 1 saturated heterocycles. The highest BCUT2D eigenvalue weighted by molar-refractivity contribution is 14.0. The van der Waals surface area contributed by atoms with E-state index in [2.05, 4.69) is 25.4 Å². The van der Waals surface area contributed by atoms with Gasteiger partial charge in [0, 0.05) is 51.2 Å². The third kappa shape index (κ3) is 6.53. The Balaban J connectivity index is 0.00000300. The highest BCUT2D eigenvalue weighted by Crippen LogP contribution is 2.47. The number of guanidine groups is 1. The molecule has 2 fully saturated rings. The van der Waals surface area contributed by atoms with Gasteiger partial charge in [-0.3, -0.25) is 14.7 Å². The normalized spacial score (nSPS) is 18.9. The third-order valence-electron chi connectivity index (χ3n) is 5.58. The molecular formula is C21H33FIN5O. The van der Waals surface area contributed by atoms with Crippen LogP contribution in [0.4, 0.5) is 4.39 Å². The zero-order chi connectivity index (χ0) is 20.1. The van der Waals surface area contributed by atoms with E-state index in [1.165, 1.54) is 6.07 Å². The van der Waals surface area contributed by atoms with Crippen LogP contribution < -0.4 is 10.6 Å². The van der Waals surface area contributed by atoms with Crippen LogP contribution in [-0.2, 0) is 10.2 Å². The van der Waals surface area contributed by atoms with Crippen LogP contribution in [0.25, 0.3) is 0 Å². The molecule has 1 aromatic rings. The quantitative estimate of drug-likeness (QED) is 0.345. The van der Waals surface area contributed by atoms with Gasteiger partial charge in [-0.2, -0.15) is 0 Å². The van der Waals surface area contributed by atoms with E-state index in [4.69, 9.17) is 0 Å². The Morgan fingerprint density at radius 2 is 1.93 bits per heavy atom. The molecule has 0 aromatic heterocycles. The highest BCUT2D eigenvalue weighted by Gasteiger charge is 2.44. The largest absolute Gasteiger partial charge is 0.355 e. The molecule has 8 heteroatoms. The molecular weight excluding hydrogens is 484 g/mol. The fourth-order valence-electron chi connectivity index (χ4n) is 3.81. The SMILES string of the molecule is CN=C(NCC1(c2cccc(F)c2)CC1)N1CCN(CC(=O)NC(C)C)CC1.I. The summed E-state index contributed by atoms with van der Waals surface area (Å²) in [5.41, 5.74) is 1.09. The van der Waals surface area contributed by atoms with Crippen LogP contribution in [-0.4, -0.2) is 74.0 Å². The molecule has 6 nitrogen and oxygen atoms in total. The first-order valence-electron chi connectivity index (χ1n) is 10.2. The third-order valence-corrected chi connectivity index (χ3v) is 5.58. The molecule has 0 spiro atoms. The average molecular weight is 517 g/mol. The zero-order valence-electron chi connectivity index (χ0n) is 17.6. The monoisotopic (exact) mass is 517 g/mol. The predicted molar refractivity (Wildman–Crippen MR) is 125 cm³/mol. The maximum Gasteiger partial charge on any atom is 0.234 e. The number of hydrogen-bond donors (Lipinski definition) is 2. The van der Waals surface area contributed by atoms with E-state index in [0.29, 0.717) is 6.54 Å². The molecule has 162 valence electrons. The standard InChI is InChI=1S/C21H32FN5O.HI/c1-16(2)25-19(28)14-26-9-11-27(12-10-26)20(23-3)24-15-21(7-8-21)17-5-4-6-18(22)13-17;/h4-6,13,16H,7-12,14-15H2,1-3H3,(H,23,24)(H,25,28);1H. The van der Waals surface area contributed by atoms with Gasteiger partial charge >= 0.3 is 0 Å². The van der Waals surface area contributed by atoms with Crippen LogP contribution in [0.3, 0.4) is 0 Å². The summed E-state index contributed by atoms with van der Waals surface area (Å²) in [4.78, 5) is 20.8. The van der Waals surface area contributed by atoms with Gasteiger partial charge in [-0.25, -0.2) is 4.39 Å². The Labute approximate surface area is 190 Å². The lowest BCUT2D eigenvalue weighted by atomic mass is 9.96. The second-order valence-corrected chi connectivity index (χ2v) is 8.18. The van der Waals surface area contributed by atoms with Crippen LogP contribution in [0.2, 0.25) is 0 Å². The van der Waals surface area contributed by atoms with Crippen molar-refractivity contribution in [3.05, 3.63) is 35.6 Å². The van der Waals surface area contributed by atoms with E-state index in [0.717, 1.165) is 57.1 Å². The summed E-state index contributed by atoms with van der Waals surface area (Å²) in [5.74, 6) is 0.788. The van der Waals surface area contributed by atoms with E-state index in [1.54, 1.807) is 19.2 Å². The molecule has 1 aliphatic heterocycles. The summed E-state index contributed by atoms with van der Waals surface area (Å²) in [6, 6.07) is 7.12. The van der Waals surface area contributed by atoms with Crippen molar-refractivity contribution in [3.63, 3.8) is 0 Å². The van der Waals surface area contributed by atoms with E-state index in [9.17, 15) is 9.18 Å².